The molecule has 0 radical (unpaired) electrons. The molecule has 0 bridgehead atoms. The number of fused-ring (bicyclic) bond motifs is 1. The second-order valence-electron chi connectivity index (χ2n) is 10.5. The first-order valence-corrected chi connectivity index (χ1v) is 12.9. The fourth-order valence-corrected chi connectivity index (χ4v) is 6.84. The minimum Gasteiger partial charge on any atom is -0.383 e. The molecule has 5 heteroatoms. The summed E-state index contributed by atoms with van der Waals surface area (Å²) >= 11 is 0. The van der Waals surface area contributed by atoms with Crippen LogP contribution in [0.2, 0.25) is 0 Å². The van der Waals surface area contributed by atoms with Crippen LogP contribution in [0, 0.1) is 17.8 Å². The van der Waals surface area contributed by atoms with E-state index in [4.69, 9.17) is 9.47 Å². The van der Waals surface area contributed by atoms with E-state index in [2.05, 4.69) is 34.1 Å². The van der Waals surface area contributed by atoms with E-state index in [9.17, 15) is 4.79 Å². The Labute approximate surface area is 193 Å². The maximum absolute atomic E-state index is 13.0. The maximum atomic E-state index is 13.0. The average molecular weight is 441 g/mol. The number of hydrogen-bond acceptors (Lipinski definition) is 4. The molecular weight excluding hydrogens is 400 g/mol. The van der Waals surface area contributed by atoms with Crippen LogP contribution in [0.1, 0.15) is 55.6 Å². The Morgan fingerprint density at radius 2 is 1.88 bits per heavy atom. The first kappa shape index (κ1) is 22.4. The summed E-state index contributed by atoms with van der Waals surface area (Å²) in [5.41, 5.74) is 2.93. The highest BCUT2D eigenvalue weighted by Gasteiger charge is 2.45. The number of ether oxygens (including phenoxy) is 2. The van der Waals surface area contributed by atoms with Crippen molar-refractivity contribution in [2.24, 2.45) is 17.8 Å². The summed E-state index contributed by atoms with van der Waals surface area (Å²) in [5.74, 6) is 2.54. The number of benzene rings is 1. The predicted octanol–water partition coefficient (Wildman–Crippen LogP) is 3.72. The van der Waals surface area contributed by atoms with E-state index in [0.717, 1.165) is 58.7 Å². The van der Waals surface area contributed by atoms with Crippen molar-refractivity contribution in [2.75, 3.05) is 53.1 Å². The zero-order chi connectivity index (χ0) is 21.9. The summed E-state index contributed by atoms with van der Waals surface area (Å²) < 4.78 is 10.9. The van der Waals surface area contributed by atoms with E-state index in [-0.39, 0.29) is 5.92 Å². The van der Waals surface area contributed by atoms with Gasteiger partial charge in [-0.2, -0.15) is 0 Å². The van der Waals surface area contributed by atoms with E-state index >= 15 is 0 Å². The van der Waals surface area contributed by atoms with Crippen LogP contribution in [-0.4, -0.2) is 74.9 Å². The van der Waals surface area contributed by atoms with Crippen LogP contribution >= 0.6 is 0 Å². The largest absolute Gasteiger partial charge is 0.383 e. The Kier molecular flexibility index (Phi) is 7.15. The van der Waals surface area contributed by atoms with Gasteiger partial charge in [0.05, 0.1) is 6.61 Å². The molecule has 1 aliphatic carbocycles. The monoisotopic (exact) mass is 440 g/mol. The fraction of sp³-hybridized carbons (Fsp3) is 0.741. The molecule has 32 heavy (non-hydrogen) atoms. The molecule has 176 valence electrons. The second kappa shape index (κ2) is 10.2. The molecule has 0 aromatic heterocycles. The number of methoxy groups -OCH3 is 1. The van der Waals surface area contributed by atoms with Gasteiger partial charge in [-0.3, -0.25) is 9.69 Å². The number of carbonyl (C=O) groups excluding carboxylic acids is 1. The van der Waals surface area contributed by atoms with E-state index in [0.29, 0.717) is 29.7 Å². The zero-order valence-corrected chi connectivity index (χ0v) is 19.7. The number of carbonyl (C=O) groups is 1. The van der Waals surface area contributed by atoms with Crippen LogP contribution in [0.15, 0.2) is 24.3 Å². The average Bonchev–Trinajstić information content (AvgIpc) is 3.55. The van der Waals surface area contributed by atoms with Crippen molar-refractivity contribution in [3.8, 4) is 0 Å². The number of amides is 1. The van der Waals surface area contributed by atoms with Gasteiger partial charge in [0.1, 0.15) is 0 Å². The smallest absolute Gasteiger partial charge is 0.225 e. The molecule has 5 rings (SSSR count). The number of nitrogens with zero attached hydrogens (tertiary/aromatic N) is 2. The van der Waals surface area contributed by atoms with Gasteiger partial charge in [-0.25, -0.2) is 0 Å². The van der Waals surface area contributed by atoms with Gasteiger partial charge in [-0.15, -0.1) is 0 Å². The molecule has 0 unspecified atom stereocenters. The van der Waals surface area contributed by atoms with Crippen molar-refractivity contribution in [3.05, 3.63) is 35.4 Å². The first-order valence-electron chi connectivity index (χ1n) is 12.9. The van der Waals surface area contributed by atoms with Crippen molar-refractivity contribution in [1.82, 2.24) is 9.80 Å². The molecular formula is C27H40N2O3. The predicted molar refractivity (Wildman–Crippen MR) is 126 cm³/mol. The van der Waals surface area contributed by atoms with Crippen molar-refractivity contribution in [2.45, 2.75) is 56.9 Å². The summed E-state index contributed by atoms with van der Waals surface area (Å²) in [6.45, 7) is 6.63. The SMILES string of the molecule is COC[C@H]1CCCN1CCc1ccc([C@@H]2CC[C@@H]3CN(C(=O)C4CCOCC4)C[C@@H]32)cc1. The topological polar surface area (TPSA) is 42.0 Å². The molecule has 0 N–H and O–H groups in total. The lowest BCUT2D eigenvalue weighted by molar-refractivity contribution is -0.137. The molecule has 4 aliphatic rings. The van der Waals surface area contributed by atoms with Crippen LogP contribution in [0.4, 0.5) is 0 Å². The second-order valence-corrected chi connectivity index (χ2v) is 10.5. The maximum Gasteiger partial charge on any atom is 0.225 e. The third-order valence-corrected chi connectivity index (χ3v) is 8.69. The Morgan fingerprint density at radius 1 is 1.06 bits per heavy atom. The van der Waals surface area contributed by atoms with E-state index < -0.39 is 0 Å². The van der Waals surface area contributed by atoms with Gasteiger partial charge in [0.2, 0.25) is 5.91 Å². The summed E-state index contributed by atoms with van der Waals surface area (Å²) in [4.78, 5) is 17.8. The molecule has 1 saturated carbocycles. The standard InChI is InChI=1S/C27H40N2O3/c1-31-19-24-3-2-13-28(24)14-10-20-4-6-21(7-5-20)25-9-8-23-17-29(18-26(23)25)27(30)22-11-15-32-16-12-22/h4-7,22-26H,2-3,8-19H2,1H3/t23-,24-,25+,26+/m1/s1. The molecule has 4 fully saturated rings. The minimum absolute atomic E-state index is 0.194. The molecule has 3 saturated heterocycles. The molecule has 3 heterocycles. The summed E-state index contributed by atoms with van der Waals surface area (Å²) in [6, 6.07) is 10.1. The highest BCUT2D eigenvalue weighted by atomic mass is 16.5. The highest BCUT2D eigenvalue weighted by molar-refractivity contribution is 5.79. The van der Waals surface area contributed by atoms with Gasteiger partial charge < -0.3 is 14.4 Å². The van der Waals surface area contributed by atoms with Crippen molar-refractivity contribution in [1.29, 1.82) is 0 Å². The van der Waals surface area contributed by atoms with E-state index in [1.54, 1.807) is 0 Å². The Morgan fingerprint density at radius 3 is 2.66 bits per heavy atom. The fourth-order valence-electron chi connectivity index (χ4n) is 6.84. The van der Waals surface area contributed by atoms with Crippen LogP contribution in [0.5, 0.6) is 0 Å². The molecule has 1 aromatic rings. The van der Waals surface area contributed by atoms with E-state index in [1.165, 1.54) is 43.4 Å². The number of rotatable bonds is 7. The molecule has 0 spiro atoms. The van der Waals surface area contributed by atoms with E-state index in [1.807, 2.05) is 7.11 Å². The Balaban J connectivity index is 1.15. The molecule has 1 amide bonds. The van der Waals surface area contributed by atoms with Gasteiger partial charge >= 0.3 is 0 Å². The number of hydrogen-bond donors (Lipinski definition) is 0. The first-order chi connectivity index (χ1) is 15.7. The van der Waals surface area contributed by atoms with Crippen molar-refractivity contribution >= 4 is 5.91 Å². The van der Waals surface area contributed by atoms with Gasteiger partial charge in [-0.1, -0.05) is 24.3 Å². The third kappa shape index (κ3) is 4.76. The van der Waals surface area contributed by atoms with Gasteiger partial charge in [0, 0.05) is 51.9 Å². The molecule has 4 atom stereocenters. The zero-order valence-electron chi connectivity index (χ0n) is 19.7. The lowest BCUT2D eigenvalue weighted by atomic mass is 9.86. The third-order valence-electron chi connectivity index (χ3n) is 8.69. The molecule has 1 aromatic carbocycles. The Bertz CT molecular complexity index is 761. The highest BCUT2D eigenvalue weighted by Crippen LogP contribution is 2.48. The van der Waals surface area contributed by atoms with Gasteiger partial charge in [-0.05, 0) is 80.4 Å². The van der Waals surface area contributed by atoms with Gasteiger partial charge in [0.25, 0.3) is 0 Å². The van der Waals surface area contributed by atoms with Crippen LogP contribution in [-0.2, 0) is 20.7 Å². The molecule has 3 aliphatic heterocycles. The minimum atomic E-state index is 0.194. The normalized spacial score (nSPS) is 31.3. The van der Waals surface area contributed by atoms with Crippen molar-refractivity contribution < 1.29 is 14.3 Å². The van der Waals surface area contributed by atoms with Crippen LogP contribution < -0.4 is 0 Å². The number of likely N-dealkylation sites (tertiary alicyclic amines) is 2. The summed E-state index contributed by atoms with van der Waals surface area (Å²) in [5, 5.41) is 0. The molecule has 5 nitrogen and oxygen atoms in total. The van der Waals surface area contributed by atoms with Crippen LogP contribution in [0.25, 0.3) is 0 Å². The lowest BCUT2D eigenvalue weighted by Crippen LogP contribution is -2.37. The summed E-state index contributed by atoms with van der Waals surface area (Å²) in [7, 11) is 1.81. The quantitative estimate of drug-likeness (QED) is 0.648. The summed E-state index contributed by atoms with van der Waals surface area (Å²) in [6.07, 6.45) is 8.03. The Hall–Kier alpha value is -1.43. The van der Waals surface area contributed by atoms with Gasteiger partial charge in [0.15, 0.2) is 0 Å². The van der Waals surface area contributed by atoms with Crippen molar-refractivity contribution in [3.63, 3.8) is 0 Å². The lowest BCUT2D eigenvalue weighted by Gasteiger charge is -2.27. The van der Waals surface area contributed by atoms with Crippen LogP contribution in [0.3, 0.4) is 0 Å².